The third kappa shape index (κ3) is 6.40. The van der Waals surface area contributed by atoms with Gasteiger partial charge in [0.25, 0.3) is 5.91 Å². The molecule has 1 atom stereocenters. The maximum Gasteiger partial charge on any atom is 0.253 e. The number of anilines is 1. The number of ether oxygens (including phenoxy) is 1. The monoisotopic (exact) mass is 603 g/mol. The van der Waals surface area contributed by atoms with E-state index in [9.17, 15) is 9.59 Å². The van der Waals surface area contributed by atoms with Crippen molar-refractivity contribution in [1.82, 2.24) is 29.3 Å². The van der Waals surface area contributed by atoms with E-state index in [0.717, 1.165) is 29.0 Å². The molecule has 12 heteroatoms. The van der Waals surface area contributed by atoms with Crippen LogP contribution in [0.5, 0.6) is 5.75 Å². The second-order valence-electron chi connectivity index (χ2n) is 10.3. The van der Waals surface area contributed by atoms with E-state index in [2.05, 4.69) is 20.6 Å². The van der Waals surface area contributed by atoms with Gasteiger partial charge in [-0.2, -0.15) is 0 Å². The second-order valence-corrected chi connectivity index (χ2v) is 11.2. The van der Waals surface area contributed by atoms with Crippen molar-refractivity contribution < 1.29 is 14.3 Å². The molecule has 1 fully saturated rings. The molecule has 42 heavy (non-hydrogen) atoms. The van der Waals surface area contributed by atoms with E-state index in [4.69, 9.17) is 27.9 Å². The standard InChI is InChI=1S/C30H27Cl2N7O3/c1-19-2-7-28-33-25(15-38(28)13-19)18-42-26-5-3-20(4-6-26)30(41)37-9-8-21(14-37)27-16-39(36-35-27)17-29(40)34-24-11-22(31)10-23(32)12-24/h2-7,10-13,15-16,21H,8-9,14,17-18H2,1H3,(H,34,40). The van der Waals surface area contributed by atoms with Gasteiger partial charge in [0.2, 0.25) is 5.91 Å². The van der Waals surface area contributed by atoms with Crippen LogP contribution in [0.15, 0.2) is 73.2 Å². The molecule has 0 spiro atoms. The summed E-state index contributed by atoms with van der Waals surface area (Å²) in [5.74, 6) is 0.369. The summed E-state index contributed by atoms with van der Waals surface area (Å²) in [4.78, 5) is 32.0. The van der Waals surface area contributed by atoms with Crippen LogP contribution in [-0.2, 0) is 17.9 Å². The lowest BCUT2D eigenvalue weighted by atomic mass is 10.1. The van der Waals surface area contributed by atoms with Crippen molar-refractivity contribution in [2.24, 2.45) is 0 Å². The number of pyridine rings is 1. The fourth-order valence-corrected chi connectivity index (χ4v) is 5.52. The van der Waals surface area contributed by atoms with Crippen LogP contribution in [0.1, 0.15) is 39.6 Å². The lowest BCUT2D eigenvalue weighted by Gasteiger charge is -2.16. The number of aryl methyl sites for hydroxylation is 1. The largest absolute Gasteiger partial charge is 0.487 e. The molecule has 3 aromatic heterocycles. The molecule has 214 valence electrons. The molecule has 0 radical (unpaired) electrons. The minimum atomic E-state index is -0.283. The fourth-order valence-electron chi connectivity index (χ4n) is 5.00. The molecule has 4 heterocycles. The first-order valence-corrected chi connectivity index (χ1v) is 14.2. The number of nitrogens with one attached hydrogen (secondary N) is 1. The predicted octanol–water partition coefficient (Wildman–Crippen LogP) is 5.39. The Bertz CT molecular complexity index is 1750. The smallest absolute Gasteiger partial charge is 0.253 e. The molecule has 0 saturated carbocycles. The van der Waals surface area contributed by atoms with Gasteiger partial charge in [-0.3, -0.25) is 9.59 Å². The van der Waals surface area contributed by atoms with Gasteiger partial charge in [-0.1, -0.05) is 34.5 Å². The summed E-state index contributed by atoms with van der Waals surface area (Å²) in [6.07, 6.45) is 6.49. The van der Waals surface area contributed by atoms with Crippen molar-refractivity contribution in [2.45, 2.75) is 32.4 Å². The maximum atomic E-state index is 13.2. The Kier molecular flexibility index (Phi) is 7.82. The molecule has 5 aromatic rings. The molecular weight excluding hydrogens is 577 g/mol. The van der Waals surface area contributed by atoms with Crippen LogP contribution in [0.4, 0.5) is 5.69 Å². The second kappa shape index (κ2) is 11.8. The van der Waals surface area contributed by atoms with Crippen molar-refractivity contribution in [3.63, 3.8) is 0 Å². The van der Waals surface area contributed by atoms with Crippen LogP contribution < -0.4 is 10.1 Å². The van der Waals surface area contributed by atoms with Gasteiger partial charge in [0.1, 0.15) is 24.5 Å². The summed E-state index contributed by atoms with van der Waals surface area (Å²) in [6, 6.07) is 16.0. The number of carbonyl (C=O) groups is 2. The van der Waals surface area contributed by atoms with Gasteiger partial charge in [-0.15, -0.1) is 5.10 Å². The summed E-state index contributed by atoms with van der Waals surface area (Å²) < 4.78 is 9.36. The van der Waals surface area contributed by atoms with Crippen LogP contribution >= 0.6 is 23.2 Å². The van der Waals surface area contributed by atoms with E-state index in [1.165, 1.54) is 4.68 Å². The van der Waals surface area contributed by atoms with Crippen LogP contribution in [0.25, 0.3) is 5.65 Å². The van der Waals surface area contributed by atoms with Gasteiger partial charge >= 0.3 is 0 Å². The summed E-state index contributed by atoms with van der Waals surface area (Å²) in [6.45, 7) is 3.49. The Morgan fingerprint density at radius 2 is 1.81 bits per heavy atom. The molecule has 10 nitrogen and oxygen atoms in total. The highest BCUT2D eigenvalue weighted by molar-refractivity contribution is 6.35. The molecule has 1 aliphatic rings. The first kappa shape index (κ1) is 27.7. The van der Waals surface area contributed by atoms with Gasteiger partial charge in [-0.05, 0) is 67.4 Å². The average molecular weight is 604 g/mol. The summed E-state index contributed by atoms with van der Waals surface area (Å²) >= 11 is 12.0. The fraction of sp³-hybridized carbons (Fsp3) is 0.233. The van der Waals surface area contributed by atoms with Crippen molar-refractivity contribution >= 4 is 46.4 Å². The number of imidazole rings is 1. The summed E-state index contributed by atoms with van der Waals surface area (Å²) in [5, 5.41) is 12.0. The highest BCUT2D eigenvalue weighted by atomic mass is 35.5. The zero-order valence-corrected chi connectivity index (χ0v) is 24.2. The van der Waals surface area contributed by atoms with Gasteiger partial charge < -0.3 is 19.4 Å². The topological polar surface area (TPSA) is 107 Å². The van der Waals surface area contributed by atoms with Crippen molar-refractivity contribution in [3.05, 3.63) is 106 Å². The number of rotatable bonds is 8. The molecule has 1 aliphatic heterocycles. The summed E-state index contributed by atoms with van der Waals surface area (Å²) in [7, 11) is 0. The number of likely N-dealkylation sites (tertiary alicyclic amines) is 1. The van der Waals surface area contributed by atoms with Gasteiger partial charge in [-0.25, -0.2) is 9.67 Å². The first-order chi connectivity index (χ1) is 20.3. The van der Waals surface area contributed by atoms with Gasteiger partial charge in [0.15, 0.2) is 0 Å². The van der Waals surface area contributed by atoms with E-state index in [1.807, 2.05) is 40.8 Å². The highest BCUT2D eigenvalue weighted by Crippen LogP contribution is 2.27. The maximum absolute atomic E-state index is 13.2. The normalized spacial score (nSPS) is 14.8. The van der Waals surface area contributed by atoms with Crippen molar-refractivity contribution in [1.29, 1.82) is 0 Å². The Hall–Kier alpha value is -4.41. The number of halogens is 2. The first-order valence-electron chi connectivity index (χ1n) is 13.4. The quantitative estimate of drug-likeness (QED) is 0.255. The zero-order chi connectivity index (χ0) is 29.2. The number of aromatic nitrogens is 5. The molecule has 2 aromatic carbocycles. The lowest BCUT2D eigenvalue weighted by Crippen LogP contribution is -2.28. The number of benzene rings is 2. The molecule has 1 N–H and O–H groups in total. The molecule has 1 unspecified atom stereocenters. The predicted molar refractivity (Wildman–Crippen MR) is 159 cm³/mol. The summed E-state index contributed by atoms with van der Waals surface area (Å²) in [5.41, 5.74) is 4.69. The van der Waals surface area contributed by atoms with Gasteiger partial charge in [0.05, 0.1) is 11.4 Å². The number of hydrogen-bond donors (Lipinski definition) is 1. The van der Waals surface area contributed by atoms with Crippen LogP contribution in [-0.4, -0.2) is 54.2 Å². The zero-order valence-electron chi connectivity index (χ0n) is 22.7. The third-order valence-electron chi connectivity index (χ3n) is 7.04. The third-order valence-corrected chi connectivity index (χ3v) is 7.48. The molecule has 6 rings (SSSR count). The Labute approximate surface area is 251 Å². The van der Waals surface area contributed by atoms with E-state index in [0.29, 0.717) is 46.7 Å². The Morgan fingerprint density at radius 1 is 1.02 bits per heavy atom. The number of fused-ring (bicyclic) bond motifs is 1. The molecule has 0 bridgehead atoms. The lowest BCUT2D eigenvalue weighted by molar-refractivity contribution is -0.116. The van der Waals surface area contributed by atoms with E-state index in [-0.39, 0.29) is 24.3 Å². The number of nitrogens with zero attached hydrogens (tertiary/aromatic N) is 6. The molecule has 0 aliphatic carbocycles. The van der Waals surface area contributed by atoms with Gasteiger partial charge in [0, 0.05) is 58.9 Å². The van der Waals surface area contributed by atoms with Crippen molar-refractivity contribution in [3.8, 4) is 5.75 Å². The highest BCUT2D eigenvalue weighted by Gasteiger charge is 2.30. The Morgan fingerprint density at radius 3 is 2.60 bits per heavy atom. The van der Waals surface area contributed by atoms with Crippen molar-refractivity contribution in [2.75, 3.05) is 18.4 Å². The van der Waals surface area contributed by atoms with Crippen LogP contribution in [0, 0.1) is 6.92 Å². The molecule has 1 saturated heterocycles. The van der Waals surface area contributed by atoms with E-state index >= 15 is 0 Å². The minimum Gasteiger partial charge on any atom is -0.487 e. The van der Waals surface area contributed by atoms with E-state index in [1.54, 1.807) is 48.7 Å². The number of amides is 2. The van der Waals surface area contributed by atoms with Crippen LogP contribution in [0.2, 0.25) is 10.0 Å². The molecule has 2 amide bonds. The SMILES string of the molecule is Cc1ccc2nc(COc3ccc(C(=O)N4CCC(c5cn(CC(=O)Nc6cc(Cl)cc(Cl)c6)nn5)C4)cc3)cn2c1. The average Bonchev–Trinajstić information content (AvgIpc) is 3.71. The number of carbonyl (C=O) groups excluding carboxylic acids is 2. The van der Waals surface area contributed by atoms with E-state index < -0.39 is 0 Å². The van der Waals surface area contributed by atoms with Crippen LogP contribution in [0.3, 0.4) is 0 Å². The molecular formula is C30H27Cl2N7O3. The number of hydrogen-bond acceptors (Lipinski definition) is 6. The minimum absolute atomic E-state index is 0.0161. The Balaban J connectivity index is 1.01.